The van der Waals surface area contributed by atoms with E-state index < -0.39 is 11.9 Å². The zero-order chi connectivity index (χ0) is 16.2. The molecule has 0 amide bonds. The van der Waals surface area contributed by atoms with Gasteiger partial charge in [0.2, 0.25) is 0 Å². The largest absolute Gasteiger partial charge is 0.394 e. The summed E-state index contributed by atoms with van der Waals surface area (Å²) in [6.45, 7) is -0.0693. The van der Waals surface area contributed by atoms with Gasteiger partial charge in [-0.1, -0.05) is 30.3 Å². The molecule has 0 unspecified atom stereocenters. The number of aliphatic hydroxyl groups excluding tert-OH is 1. The molecule has 3 rings (SSSR count). The summed E-state index contributed by atoms with van der Waals surface area (Å²) in [5, 5.41) is 9.67. The lowest BCUT2D eigenvalue weighted by Crippen LogP contribution is -2.27. The van der Waals surface area contributed by atoms with Crippen molar-refractivity contribution in [1.29, 1.82) is 0 Å². The van der Waals surface area contributed by atoms with E-state index in [4.69, 9.17) is 10.5 Å². The Morgan fingerprint density at radius 2 is 2.13 bits per heavy atom. The van der Waals surface area contributed by atoms with Gasteiger partial charge >= 0.3 is 5.69 Å². The van der Waals surface area contributed by atoms with Crippen LogP contribution in [0.2, 0.25) is 0 Å². The third kappa shape index (κ3) is 3.74. The van der Waals surface area contributed by atoms with Gasteiger partial charge in [0.05, 0.1) is 12.7 Å². The Balaban J connectivity index is 1.69. The second-order valence-electron chi connectivity index (χ2n) is 5.42. The third-order valence-electron chi connectivity index (χ3n) is 3.83. The van der Waals surface area contributed by atoms with Gasteiger partial charge < -0.3 is 15.6 Å². The van der Waals surface area contributed by atoms with Gasteiger partial charge in [-0.2, -0.15) is 16.7 Å². The van der Waals surface area contributed by atoms with E-state index in [9.17, 15) is 9.90 Å². The van der Waals surface area contributed by atoms with Gasteiger partial charge in [-0.3, -0.25) is 4.57 Å². The molecule has 6 nitrogen and oxygen atoms in total. The summed E-state index contributed by atoms with van der Waals surface area (Å²) in [5.41, 5.74) is 6.31. The van der Waals surface area contributed by atoms with E-state index in [0.29, 0.717) is 6.42 Å². The summed E-state index contributed by atoms with van der Waals surface area (Å²) in [6.07, 6.45) is 1.53. The lowest BCUT2D eigenvalue weighted by Gasteiger charge is -2.15. The first-order valence-electron chi connectivity index (χ1n) is 7.44. The number of nitrogen functional groups attached to an aromatic ring is 1. The van der Waals surface area contributed by atoms with Crippen LogP contribution in [0, 0.1) is 0 Å². The Morgan fingerprint density at radius 1 is 1.35 bits per heavy atom. The molecule has 0 saturated carbocycles. The monoisotopic (exact) mass is 333 g/mol. The van der Waals surface area contributed by atoms with Crippen molar-refractivity contribution in [3.63, 3.8) is 0 Å². The van der Waals surface area contributed by atoms with Crippen molar-refractivity contribution in [2.45, 2.75) is 29.8 Å². The first-order valence-corrected chi connectivity index (χ1v) is 8.49. The quantitative estimate of drug-likeness (QED) is 0.860. The number of aliphatic hydroxyl groups is 1. The summed E-state index contributed by atoms with van der Waals surface area (Å²) >= 11 is 1.73. The van der Waals surface area contributed by atoms with Gasteiger partial charge in [0, 0.05) is 23.6 Å². The van der Waals surface area contributed by atoms with Crippen LogP contribution in [0.15, 0.2) is 47.4 Å². The number of anilines is 1. The highest BCUT2D eigenvalue weighted by Gasteiger charge is 2.36. The number of benzene rings is 1. The zero-order valence-electron chi connectivity index (χ0n) is 12.5. The number of hydrogen-bond acceptors (Lipinski definition) is 6. The highest BCUT2D eigenvalue weighted by Crippen LogP contribution is 2.36. The molecule has 3 atom stereocenters. The minimum absolute atomic E-state index is 0.0693. The number of ether oxygens (including phenoxy) is 1. The molecule has 23 heavy (non-hydrogen) atoms. The van der Waals surface area contributed by atoms with Crippen molar-refractivity contribution < 1.29 is 9.84 Å². The molecule has 1 aromatic heterocycles. The molecule has 7 heteroatoms. The minimum atomic E-state index is -0.430. The number of rotatable bonds is 5. The van der Waals surface area contributed by atoms with Gasteiger partial charge in [-0.15, -0.1) is 0 Å². The predicted octanol–water partition coefficient (Wildman–Crippen LogP) is 1.41. The Morgan fingerprint density at radius 3 is 2.83 bits per heavy atom. The summed E-state index contributed by atoms with van der Waals surface area (Å²) in [4.78, 5) is 15.7. The van der Waals surface area contributed by atoms with Crippen LogP contribution in [0.3, 0.4) is 0 Å². The van der Waals surface area contributed by atoms with Crippen LogP contribution in [-0.2, 0) is 10.5 Å². The maximum atomic E-state index is 11.9. The molecule has 3 N–H and O–H groups in total. The van der Waals surface area contributed by atoms with Crippen LogP contribution in [-0.4, -0.2) is 32.6 Å². The van der Waals surface area contributed by atoms with Crippen LogP contribution in [0.25, 0.3) is 0 Å². The SMILES string of the molecule is Nc1ccn([C@@H]2C[C@H](SCc3ccccc3)[C@@H](CO)O2)c(=O)n1. The van der Waals surface area contributed by atoms with Gasteiger partial charge in [0.1, 0.15) is 12.0 Å². The molecule has 1 fully saturated rings. The Kier molecular flexibility index (Phi) is 5.00. The van der Waals surface area contributed by atoms with Crippen molar-refractivity contribution in [2.24, 2.45) is 0 Å². The van der Waals surface area contributed by atoms with Crippen LogP contribution in [0.5, 0.6) is 0 Å². The summed E-state index contributed by atoms with van der Waals surface area (Å²) < 4.78 is 7.26. The van der Waals surface area contributed by atoms with E-state index in [0.717, 1.165) is 5.75 Å². The van der Waals surface area contributed by atoms with Crippen LogP contribution >= 0.6 is 11.8 Å². The van der Waals surface area contributed by atoms with Crippen molar-refractivity contribution in [3.8, 4) is 0 Å². The second-order valence-corrected chi connectivity index (χ2v) is 6.65. The van der Waals surface area contributed by atoms with Crippen LogP contribution in [0.4, 0.5) is 5.82 Å². The number of hydrogen-bond donors (Lipinski definition) is 2. The van der Waals surface area contributed by atoms with Gasteiger partial charge in [-0.05, 0) is 11.6 Å². The van der Waals surface area contributed by atoms with Crippen molar-refractivity contribution >= 4 is 17.6 Å². The molecule has 0 bridgehead atoms. The van der Waals surface area contributed by atoms with E-state index in [1.165, 1.54) is 10.1 Å². The first kappa shape index (κ1) is 16.0. The van der Waals surface area contributed by atoms with Gasteiger partial charge in [0.25, 0.3) is 0 Å². The molecular weight excluding hydrogens is 314 g/mol. The lowest BCUT2D eigenvalue weighted by molar-refractivity contribution is -0.0236. The molecule has 0 radical (unpaired) electrons. The van der Waals surface area contributed by atoms with E-state index >= 15 is 0 Å². The fourth-order valence-corrected chi connectivity index (χ4v) is 3.90. The first-order chi connectivity index (χ1) is 11.2. The average molecular weight is 333 g/mol. The number of nitrogens with two attached hydrogens (primary N) is 1. The topological polar surface area (TPSA) is 90.4 Å². The molecule has 1 saturated heterocycles. The van der Waals surface area contributed by atoms with Crippen LogP contribution < -0.4 is 11.4 Å². The smallest absolute Gasteiger partial charge is 0.351 e. The van der Waals surface area contributed by atoms with Crippen molar-refractivity contribution in [2.75, 3.05) is 12.3 Å². The highest BCUT2D eigenvalue weighted by molar-refractivity contribution is 7.99. The van der Waals surface area contributed by atoms with Crippen LogP contribution in [0.1, 0.15) is 18.2 Å². The maximum absolute atomic E-state index is 11.9. The van der Waals surface area contributed by atoms with E-state index in [1.807, 2.05) is 18.2 Å². The minimum Gasteiger partial charge on any atom is -0.394 e. The van der Waals surface area contributed by atoms with Gasteiger partial charge in [0.15, 0.2) is 0 Å². The molecule has 1 aliphatic rings. The highest BCUT2D eigenvalue weighted by atomic mass is 32.2. The number of nitrogens with zero attached hydrogens (tertiary/aromatic N) is 2. The Labute approximate surface area is 138 Å². The van der Waals surface area contributed by atoms with E-state index in [2.05, 4.69) is 17.1 Å². The second kappa shape index (κ2) is 7.16. The molecular formula is C16H19N3O3S. The van der Waals surface area contributed by atoms with Gasteiger partial charge in [-0.25, -0.2) is 4.79 Å². The molecule has 2 aromatic rings. The average Bonchev–Trinajstić information content (AvgIpc) is 2.97. The number of aromatic nitrogens is 2. The molecule has 1 aliphatic heterocycles. The number of thioether (sulfide) groups is 1. The fraction of sp³-hybridized carbons (Fsp3) is 0.375. The fourth-order valence-electron chi connectivity index (χ4n) is 2.63. The maximum Gasteiger partial charge on any atom is 0.351 e. The molecule has 0 aliphatic carbocycles. The summed E-state index contributed by atoms with van der Waals surface area (Å²) in [6, 6.07) is 11.7. The molecule has 2 heterocycles. The Bertz CT molecular complexity index is 707. The summed E-state index contributed by atoms with van der Waals surface area (Å²) in [7, 11) is 0. The molecule has 0 spiro atoms. The van der Waals surface area contributed by atoms with Crippen molar-refractivity contribution in [3.05, 3.63) is 58.6 Å². The molecule has 122 valence electrons. The van der Waals surface area contributed by atoms with Crippen molar-refractivity contribution in [1.82, 2.24) is 9.55 Å². The Hall–Kier alpha value is -1.83. The molecule has 1 aromatic carbocycles. The summed E-state index contributed by atoms with van der Waals surface area (Å²) in [5.74, 6) is 1.03. The zero-order valence-corrected chi connectivity index (χ0v) is 13.4. The normalized spacial score (nSPS) is 24.0. The predicted molar refractivity (Wildman–Crippen MR) is 90.0 cm³/mol. The standard InChI is InChI=1S/C16H19N3O3S/c17-14-6-7-19(16(21)18-14)15-8-13(12(9-20)22-15)23-10-11-4-2-1-3-5-11/h1-7,12-13,15,20H,8-10H2,(H2,17,18,21)/t12-,13+,15+/m1/s1. The van der Waals surface area contributed by atoms with E-state index in [1.54, 1.807) is 24.0 Å². The lowest BCUT2D eigenvalue weighted by atomic mass is 10.2. The van der Waals surface area contributed by atoms with E-state index in [-0.39, 0.29) is 23.8 Å². The third-order valence-corrected chi connectivity index (χ3v) is 5.25.